The van der Waals surface area contributed by atoms with Crippen molar-refractivity contribution in [1.29, 1.82) is 0 Å². The summed E-state index contributed by atoms with van der Waals surface area (Å²) in [6.45, 7) is 2.17. The van der Waals surface area contributed by atoms with Crippen LogP contribution in [-0.4, -0.2) is 58.2 Å². The molecule has 3 rings (SSSR count). The van der Waals surface area contributed by atoms with Crippen LogP contribution in [0.4, 0.5) is 0 Å². The molecule has 1 amide bonds. The van der Waals surface area contributed by atoms with Crippen molar-refractivity contribution in [1.82, 2.24) is 9.80 Å². The van der Waals surface area contributed by atoms with Gasteiger partial charge in [0.25, 0.3) is 5.91 Å². The zero-order valence-electron chi connectivity index (χ0n) is 15.8. The molecule has 0 aliphatic carbocycles. The summed E-state index contributed by atoms with van der Waals surface area (Å²) in [4.78, 5) is 16.6. The summed E-state index contributed by atoms with van der Waals surface area (Å²) in [6, 6.07) is 17.2. The van der Waals surface area contributed by atoms with Crippen molar-refractivity contribution in [3.8, 4) is 5.75 Å². The first-order valence-corrected chi connectivity index (χ1v) is 9.48. The number of phenols is 1. The molecule has 5 heteroatoms. The highest BCUT2D eigenvalue weighted by molar-refractivity contribution is 5.86. The van der Waals surface area contributed by atoms with Gasteiger partial charge in [-0.3, -0.25) is 9.69 Å². The maximum Gasteiger partial charge on any atom is 0.255 e. The lowest BCUT2D eigenvalue weighted by atomic mass is 9.90. The Labute approximate surface area is 160 Å². The number of rotatable bonds is 7. The largest absolute Gasteiger partial charge is 0.508 e. The molecule has 1 fully saturated rings. The van der Waals surface area contributed by atoms with E-state index in [0.717, 1.165) is 18.4 Å². The highest BCUT2D eigenvalue weighted by atomic mass is 16.3. The number of aliphatic hydroxyl groups is 1. The van der Waals surface area contributed by atoms with E-state index in [0.29, 0.717) is 26.1 Å². The zero-order valence-corrected chi connectivity index (χ0v) is 15.8. The van der Waals surface area contributed by atoms with Crippen LogP contribution in [0.1, 0.15) is 24.0 Å². The zero-order chi connectivity index (χ0) is 19.3. The highest BCUT2D eigenvalue weighted by Crippen LogP contribution is 2.25. The molecule has 1 aliphatic heterocycles. The first-order chi connectivity index (χ1) is 13.0. The maximum atomic E-state index is 12.9. The van der Waals surface area contributed by atoms with Crippen LogP contribution in [0.2, 0.25) is 0 Å². The average Bonchev–Trinajstić information content (AvgIpc) is 2.64. The van der Waals surface area contributed by atoms with Crippen LogP contribution < -0.4 is 0 Å². The van der Waals surface area contributed by atoms with Crippen molar-refractivity contribution < 1.29 is 15.0 Å². The number of likely N-dealkylation sites (tertiary alicyclic amines) is 1. The van der Waals surface area contributed by atoms with Gasteiger partial charge in [-0.25, -0.2) is 0 Å². The fraction of sp³-hybridized carbons (Fsp3) is 0.409. The minimum Gasteiger partial charge on any atom is -0.508 e. The third-order valence-electron chi connectivity index (χ3n) is 5.11. The summed E-state index contributed by atoms with van der Waals surface area (Å²) in [5.74, 6) is 0.0490. The Hall–Kier alpha value is -2.37. The van der Waals surface area contributed by atoms with Gasteiger partial charge in [0.2, 0.25) is 0 Å². The van der Waals surface area contributed by atoms with Crippen molar-refractivity contribution in [2.24, 2.45) is 0 Å². The van der Waals surface area contributed by atoms with Crippen LogP contribution in [-0.2, 0) is 17.8 Å². The van der Waals surface area contributed by atoms with E-state index < -0.39 is 5.60 Å². The molecule has 0 bridgehead atoms. The molecule has 1 heterocycles. The van der Waals surface area contributed by atoms with Crippen LogP contribution in [0.25, 0.3) is 0 Å². The van der Waals surface area contributed by atoms with Crippen molar-refractivity contribution in [3.63, 3.8) is 0 Å². The molecule has 0 saturated carbocycles. The lowest BCUT2D eigenvalue weighted by Crippen LogP contribution is -2.58. The topological polar surface area (TPSA) is 64.0 Å². The molecule has 2 aromatic carbocycles. The minimum absolute atomic E-state index is 0.174. The minimum atomic E-state index is -1.35. The third kappa shape index (κ3) is 5.08. The number of piperidine rings is 1. The SMILES string of the molecule is CN(Cc1cccc(O)c1)C[C@]1(O)CCCN(CCc2ccccc2)C1=O. The Morgan fingerprint density at radius 2 is 1.85 bits per heavy atom. The standard InChI is InChI=1S/C22H28N2O3/c1-23(16-19-9-5-10-20(25)15-19)17-22(27)12-6-13-24(21(22)26)14-11-18-7-3-2-4-8-18/h2-5,7-10,15,25,27H,6,11-14,16-17H2,1H3/t22-/m1/s1. The van der Waals surface area contributed by atoms with Crippen molar-refractivity contribution >= 4 is 5.91 Å². The summed E-state index contributed by atoms with van der Waals surface area (Å²) in [7, 11) is 1.89. The van der Waals surface area contributed by atoms with Gasteiger partial charge in [0.15, 0.2) is 5.60 Å². The Morgan fingerprint density at radius 3 is 2.59 bits per heavy atom. The Balaban J connectivity index is 1.59. The van der Waals surface area contributed by atoms with E-state index in [9.17, 15) is 15.0 Å². The van der Waals surface area contributed by atoms with Gasteiger partial charge in [-0.05, 0) is 49.6 Å². The summed E-state index contributed by atoms with van der Waals surface area (Å²) < 4.78 is 0. The Kier molecular flexibility index (Phi) is 6.14. The van der Waals surface area contributed by atoms with E-state index in [4.69, 9.17) is 0 Å². The van der Waals surface area contributed by atoms with Gasteiger partial charge < -0.3 is 15.1 Å². The van der Waals surface area contributed by atoms with E-state index in [-0.39, 0.29) is 18.2 Å². The van der Waals surface area contributed by atoms with Gasteiger partial charge in [0.05, 0.1) is 0 Å². The van der Waals surface area contributed by atoms with Gasteiger partial charge in [-0.2, -0.15) is 0 Å². The molecule has 5 nitrogen and oxygen atoms in total. The number of benzene rings is 2. The number of nitrogens with zero attached hydrogens (tertiary/aromatic N) is 2. The van der Waals surface area contributed by atoms with Crippen LogP contribution in [0.3, 0.4) is 0 Å². The van der Waals surface area contributed by atoms with Crippen molar-refractivity contribution in [2.75, 3.05) is 26.7 Å². The number of phenolic OH excluding ortho intramolecular Hbond substituents is 1. The molecular formula is C22H28N2O3. The lowest BCUT2D eigenvalue weighted by molar-refractivity contribution is -0.159. The van der Waals surface area contributed by atoms with E-state index in [1.807, 2.05) is 36.2 Å². The van der Waals surface area contributed by atoms with Gasteiger partial charge in [0.1, 0.15) is 5.75 Å². The van der Waals surface area contributed by atoms with Crippen molar-refractivity contribution in [2.45, 2.75) is 31.4 Å². The van der Waals surface area contributed by atoms with Crippen LogP contribution in [0, 0.1) is 0 Å². The van der Waals surface area contributed by atoms with Crippen molar-refractivity contribution in [3.05, 3.63) is 65.7 Å². The molecule has 0 unspecified atom stereocenters. The average molecular weight is 368 g/mol. The maximum absolute atomic E-state index is 12.9. The number of hydrogen-bond acceptors (Lipinski definition) is 4. The molecule has 27 heavy (non-hydrogen) atoms. The highest BCUT2D eigenvalue weighted by Gasteiger charge is 2.42. The summed E-state index contributed by atoms with van der Waals surface area (Å²) in [5, 5.41) is 20.6. The number of likely N-dealkylation sites (N-methyl/N-ethyl adjacent to an activating group) is 1. The second kappa shape index (κ2) is 8.55. The van der Waals surface area contributed by atoms with Gasteiger partial charge in [-0.15, -0.1) is 0 Å². The quantitative estimate of drug-likeness (QED) is 0.788. The molecule has 1 atom stereocenters. The molecule has 144 valence electrons. The molecule has 1 aliphatic rings. The third-order valence-corrected chi connectivity index (χ3v) is 5.11. The first-order valence-electron chi connectivity index (χ1n) is 9.48. The molecule has 0 radical (unpaired) electrons. The molecular weight excluding hydrogens is 340 g/mol. The molecule has 0 spiro atoms. The second-order valence-corrected chi connectivity index (χ2v) is 7.51. The van der Waals surface area contributed by atoms with Crippen LogP contribution >= 0.6 is 0 Å². The van der Waals surface area contributed by atoms with E-state index in [2.05, 4.69) is 12.1 Å². The number of hydrogen-bond donors (Lipinski definition) is 2. The van der Waals surface area contributed by atoms with Gasteiger partial charge in [0, 0.05) is 26.2 Å². The monoisotopic (exact) mass is 368 g/mol. The van der Waals surface area contributed by atoms with Gasteiger partial charge >= 0.3 is 0 Å². The second-order valence-electron chi connectivity index (χ2n) is 7.51. The van der Waals surface area contributed by atoms with Gasteiger partial charge in [-0.1, -0.05) is 42.5 Å². The number of carbonyl (C=O) groups is 1. The summed E-state index contributed by atoms with van der Waals surface area (Å²) >= 11 is 0. The fourth-order valence-corrected chi connectivity index (χ4v) is 3.80. The van der Waals surface area contributed by atoms with E-state index in [1.54, 1.807) is 23.1 Å². The van der Waals surface area contributed by atoms with Crippen LogP contribution in [0.15, 0.2) is 54.6 Å². The number of carbonyl (C=O) groups excluding carboxylic acids is 1. The lowest BCUT2D eigenvalue weighted by Gasteiger charge is -2.40. The normalized spacial score (nSPS) is 20.3. The fourth-order valence-electron chi connectivity index (χ4n) is 3.80. The molecule has 1 saturated heterocycles. The Bertz CT molecular complexity index is 765. The number of aromatic hydroxyl groups is 1. The molecule has 0 aromatic heterocycles. The van der Waals surface area contributed by atoms with Crippen LogP contribution in [0.5, 0.6) is 5.75 Å². The van der Waals surface area contributed by atoms with E-state index >= 15 is 0 Å². The smallest absolute Gasteiger partial charge is 0.255 e. The predicted molar refractivity (Wildman–Crippen MR) is 105 cm³/mol. The van der Waals surface area contributed by atoms with E-state index in [1.165, 1.54) is 5.56 Å². The molecule has 2 N–H and O–H groups in total. The summed E-state index contributed by atoms with van der Waals surface area (Å²) in [5.41, 5.74) is 0.797. The first kappa shape index (κ1) is 19.4. The molecule has 2 aromatic rings. The Morgan fingerprint density at radius 1 is 1.11 bits per heavy atom. The predicted octanol–water partition coefficient (Wildman–Crippen LogP) is 2.42. The number of amides is 1. The summed E-state index contributed by atoms with van der Waals surface area (Å²) in [6.07, 6.45) is 2.08.